The van der Waals surface area contributed by atoms with E-state index in [-0.39, 0.29) is 12.5 Å². The minimum Gasteiger partial charge on any atom is -0.496 e. The molecule has 1 aliphatic rings. The van der Waals surface area contributed by atoms with Crippen molar-refractivity contribution in [1.82, 2.24) is 4.90 Å². The minimum atomic E-state index is -0.462. The average molecular weight is 264 g/mol. The number of para-hydroxylation sites is 1. The van der Waals surface area contributed by atoms with E-state index in [1.54, 1.807) is 12.0 Å². The maximum atomic E-state index is 11.9. The zero-order chi connectivity index (χ0) is 13.9. The van der Waals surface area contributed by atoms with Crippen LogP contribution in [0.25, 0.3) is 0 Å². The van der Waals surface area contributed by atoms with Gasteiger partial charge in [0.05, 0.1) is 19.3 Å². The summed E-state index contributed by atoms with van der Waals surface area (Å²) in [6, 6.07) is 7.70. The van der Waals surface area contributed by atoms with E-state index in [0.29, 0.717) is 19.6 Å². The highest BCUT2D eigenvalue weighted by atomic mass is 16.5. The summed E-state index contributed by atoms with van der Waals surface area (Å²) in [5, 5.41) is 0. The SMILES string of the molecule is COc1ccccc1CN1CC(C)(CN)OCC1=O. The number of carbonyl (C=O) groups is 1. The fraction of sp³-hybridized carbons (Fsp3) is 0.500. The third kappa shape index (κ3) is 3.05. The Morgan fingerprint density at radius 3 is 2.89 bits per heavy atom. The number of carbonyl (C=O) groups excluding carboxylic acids is 1. The minimum absolute atomic E-state index is 0.0168. The van der Waals surface area contributed by atoms with Crippen molar-refractivity contribution in [2.75, 3.05) is 26.8 Å². The highest BCUT2D eigenvalue weighted by Crippen LogP contribution is 2.23. The smallest absolute Gasteiger partial charge is 0.249 e. The van der Waals surface area contributed by atoms with Gasteiger partial charge in [-0.05, 0) is 13.0 Å². The Balaban J connectivity index is 2.14. The van der Waals surface area contributed by atoms with Crippen LogP contribution >= 0.6 is 0 Å². The number of nitrogens with zero attached hydrogens (tertiary/aromatic N) is 1. The fourth-order valence-electron chi connectivity index (χ4n) is 2.17. The van der Waals surface area contributed by atoms with Crippen LogP contribution in [0.5, 0.6) is 5.75 Å². The zero-order valence-electron chi connectivity index (χ0n) is 11.4. The first-order valence-corrected chi connectivity index (χ1v) is 6.32. The van der Waals surface area contributed by atoms with Crippen LogP contribution in [0.1, 0.15) is 12.5 Å². The number of rotatable bonds is 4. The van der Waals surface area contributed by atoms with Crippen molar-refractivity contribution in [3.05, 3.63) is 29.8 Å². The second-order valence-corrected chi connectivity index (χ2v) is 5.00. The molecule has 0 bridgehead atoms. The van der Waals surface area contributed by atoms with Crippen molar-refractivity contribution in [3.63, 3.8) is 0 Å². The summed E-state index contributed by atoms with van der Waals surface area (Å²) < 4.78 is 10.8. The molecule has 5 heteroatoms. The van der Waals surface area contributed by atoms with Crippen LogP contribution in [0, 0.1) is 0 Å². The summed E-state index contributed by atoms with van der Waals surface area (Å²) >= 11 is 0. The van der Waals surface area contributed by atoms with Crippen molar-refractivity contribution in [2.45, 2.75) is 19.1 Å². The molecule has 0 aliphatic carbocycles. The lowest BCUT2D eigenvalue weighted by molar-refractivity contribution is -0.160. The summed E-state index contributed by atoms with van der Waals surface area (Å²) in [7, 11) is 1.63. The molecule has 1 aromatic rings. The molecule has 1 saturated heterocycles. The molecule has 1 atom stereocenters. The molecule has 1 heterocycles. The van der Waals surface area contributed by atoms with Crippen molar-refractivity contribution in [2.24, 2.45) is 5.73 Å². The van der Waals surface area contributed by atoms with E-state index in [2.05, 4.69) is 0 Å². The Morgan fingerprint density at radius 1 is 1.47 bits per heavy atom. The van der Waals surface area contributed by atoms with Gasteiger partial charge in [0.1, 0.15) is 12.4 Å². The van der Waals surface area contributed by atoms with Gasteiger partial charge >= 0.3 is 0 Å². The maximum Gasteiger partial charge on any atom is 0.249 e. The molecule has 0 spiro atoms. The van der Waals surface area contributed by atoms with Crippen molar-refractivity contribution < 1.29 is 14.3 Å². The van der Waals surface area contributed by atoms with Gasteiger partial charge in [0.2, 0.25) is 5.91 Å². The number of methoxy groups -OCH3 is 1. The van der Waals surface area contributed by atoms with Crippen LogP contribution in [-0.2, 0) is 16.1 Å². The molecule has 1 unspecified atom stereocenters. The van der Waals surface area contributed by atoms with Crippen LogP contribution in [0.15, 0.2) is 24.3 Å². The predicted octanol–water partition coefficient (Wildman–Crippen LogP) is 0.771. The van der Waals surface area contributed by atoms with Gasteiger partial charge < -0.3 is 20.1 Å². The number of morpholine rings is 1. The van der Waals surface area contributed by atoms with Crippen LogP contribution in [0.2, 0.25) is 0 Å². The van der Waals surface area contributed by atoms with Crippen LogP contribution < -0.4 is 10.5 Å². The summed E-state index contributed by atoms with van der Waals surface area (Å²) in [5.41, 5.74) is 6.23. The number of hydrogen-bond acceptors (Lipinski definition) is 4. The van der Waals surface area contributed by atoms with Crippen LogP contribution in [0.3, 0.4) is 0 Å². The number of hydrogen-bond donors (Lipinski definition) is 1. The molecule has 0 radical (unpaired) electrons. The highest BCUT2D eigenvalue weighted by Gasteiger charge is 2.35. The standard InChI is InChI=1S/C14H20N2O3/c1-14(9-15)10-16(13(17)8-19-14)7-11-5-3-4-6-12(11)18-2/h3-6H,7-10,15H2,1-2H3. The Bertz CT molecular complexity index is 464. The van der Waals surface area contributed by atoms with Crippen molar-refractivity contribution >= 4 is 5.91 Å². The van der Waals surface area contributed by atoms with E-state index < -0.39 is 5.60 Å². The number of amides is 1. The largest absolute Gasteiger partial charge is 0.496 e. The molecule has 0 saturated carbocycles. The van der Waals surface area contributed by atoms with E-state index in [1.807, 2.05) is 31.2 Å². The van der Waals surface area contributed by atoms with Gasteiger partial charge in [0.15, 0.2) is 0 Å². The second kappa shape index (κ2) is 5.59. The Kier molecular flexibility index (Phi) is 4.07. The lowest BCUT2D eigenvalue weighted by atomic mass is 10.0. The zero-order valence-corrected chi connectivity index (χ0v) is 11.4. The average Bonchev–Trinajstić information content (AvgIpc) is 2.44. The van der Waals surface area contributed by atoms with Gasteiger partial charge in [-0.1, -0.05) is 18.2 Å². The first kappa shape index (κ1) is 13.8. The summed E-state index contributed by atoms with van der Waals surface area (Å²) in [4.78, 5) is 13.7. The molecule has 5 nitrogen and oxygen atoms in total. The normalized spacial score (nSPS) is 23.5. The van der Waals surface area contributed by atoms with E-state index in [9.17, 15) is 4.79 Å². The molecular formula is C14H20N2O3. The fourth-order valence-corrected chi connectivity index (χ4v) is 2.17. The van der Waals surface area contributed by atoms with E-state index in [1.165, 1.54) is 0 Å². The molecule has 2 rings (SSSR count). The summed E-state index contributed by atoms with van der Waals surface area (Å²) in [6.07, 6.45) is 0. The first-order valence-electron chi connectivity index (χ1n) is 6.32. The maximum absolute atomic E-state index is 11.9. The number of nitrogens with two attached hydrogens (primary N) is 1. The predicted molar refractivity (Wildman–Crippen MR) is 71.8 cm³/mol. The van der Waals surface area contributed by atoms with Crippen LogP contribution in [-0.4, -0.2) is 43.2 Å². The van der Waals surface area contributed by atoms with E-state index >= 15 is 0 Å². The van der Waals surface area contributed by atoms with Gasteiger partial charge in [0.25, 0.3) is 0 Å². The highest BCUT2D eigenvalue weighted by molar-refractivity contribution is 5.78. The molecule has 1 amide bonds. The summed E-state index contributed by atoms with van der Waals surface area (Å²) in [5.74, 6) is 0.771. The lowest BCUT2D eigenvalue weighted by Gasteiger charge is -2.39. The van der Waals surface area contributed by atoms with Gasteiger partial charge in [-0.25, -0.2) is 0 Å². The molecular weight excluding hydrogens is 244 g/mol. The molecule has 2 N–H and O–H groups in total. The van der Waals surface area contributed by atoms with Gasteiger partial charge in [-0.2, -0.15) is 0 Å². The third-order valence-corrected chi connectivity index (χ3v) is 3.41. The lowest BCUT2D eigenvalue weighted by Crippen LogP contribution is -2.56. The second-order valence-electron chi connectivity index (χ2n) is 5.00. The molecule has 1 aliphatic heterocycles. The van der Waals surface area contributed by atoms with Gasteiger partial charge in [-0.3, -0.25) is 4.79 Å². The molecule has 0 aromatic heterocycles. The van der Waals surface area contributed by atoms with Crippen molar-refractivity contribution in [1.29, 1.82) is 0 Å². The summed E-state index contributed by atoms with van der Waals surface area (Å²) in [6.45, 7) is 3.42. The topological polar surface area (TPSA) is 64.8 Å². The molecule has 104 valence electrons. The Hall–Kier alpha value is -1.59. The molecule has 1 aromatic carbocycles. The quantitative estimate of drug-likeness (QED) is 0.872. The third-order valence-electron chi connectivity index (χ3n) is 3.41. The van der Waals surface area contributed by atoms with E-state index in [4.69, 9.17) is 15.2 Å². The van der Waals surface area contributed by atoms with E-state index in [0.717, 1.165) is 11.3 Å². The number of ether oxygens (including phenoxy) is 2. The molecule has 1 fully saturated rings. The first-order chi connectivity index (χ1) is 9.08. The Morgan fingerprint density at radius 2 is 2.21 bits per heavy atom. The van der Waals surface area contributed by atoms with Crippen LogP contribution in [0.4, 0.5) is 0 Å². The van der Waals surface area contributed by atoms with Gasteiger partial charge in [-0.15, -0.1) is 0 Å². The monoisotopic (exact) mass is 264 g/mol. The Labute approximate surface area is 113 Å². The van der Waals surface area contributed by atoms with Gasteiger partial charge in [0, 0.05) is 18.7 Å². The van der Waals surface area contributed by atoms with Crippen molar-refractivity contribution in [3.8, 4) is 5.75 Å². The molecule has 19 heavy (non-hydrogen) atoms. The number of benzene rings is 1.